The van der Waals surface area contributed by atoms with Crippen LogP contribution in [0.15, 0.2) is 11.1 Å². The van der Waals surface area contributed by atoms with Gasteiger partial charge in [-0.05, 0) is 26.3 Å². The van der Waals surface area contributed by atoms with Gasteiger partial charge in [-0.1, -0.05) is 35.4 Å². The lowest BCUT2D eigenvalue weighted by Crippen LogP contribution is -2.36. The Morgan fingerprint density at radius 2 is 2.20 bits per heavy atom. The highest BCUT2D eigenvalue weighted by atomic mass is 79.9. The standard InChI is InChI=1S/C12H20BrNO/c1-10(13)9-14-7-5-3-4-6-12(14)8-11(2)15/h12H,1,3-9H2,2H3. The molecule has 0 saturated carbocycles. The third-order valence-electron chi connectivity index (χ3n) is 2.90. The summed E-state index contributed by atoms with van der Waals surface area (Å²) in [5, 5.41) is 0. The van der Waals surface area contributed by atoms with E-state index >= 15 is 0 Å². The number of carbonyl (C=O) groups excluding carboxylic acids is 1. The van der Waals surface area contributed by atoms with Crippen molar-refractivity contribution in [3.05, 3.63) is 11.1 Å². The van der Waals surface area contributed by atoms with Gasteiger partial charge in [0.15, 0.2) is 0 Å². The van der Waals surface area contributed by atoms with Gasteiger partial charge in [0.1, 0.15) is 5.78 Å². The van der Waals surface area contributed by atoms with E-state index in [0.29, 0.717) is 18.2 Å². The maximum atomic E-state index is 11.2. The van der Waals surface area contributed by atoms with Gasteiger partial charge in [0.25, 0.3) is 0 Å². The molecule has 0 spiro atoms. The van der Waals surface area contributed by atoms with Gasteiger partial charge in [0.2, 0.25) is 0 Å². The fraction of sp³-hybridized carbons (Fsp3) is 0.750. The fourth-order valence-electron chi connectivity index (χ4n) is 2.23. The largest absolute Gasteiger partial charge is 0.300 e. The molecule has 1 heterocycles. The molecule has 0 aromatic rings. The first-order chi connectivity index (χ1) is 7.09. The van der Waals surface area contributed by atoms with Gasteiger partial charge in [-0.3, -0.25) is 9.69 Å². The van der Waals surface area contributed by atoms with Crippen molar-refractivity contribution in [1.82, 2.24) is 4.90 Å². The minimum Gasteiger partial charge on any atom is -0.300 e. The van der Waals surface area contributed by atoms with Crippen molar-refractivity contribution in [2.75, 3.05) is 13.1 Å². The number of halogens is 1. The smallest absolute Gasteiger partial charge is 0.131 e. The molecule has 1 rings (SSSR count). The number of nitrogens with zero attached hydrogens (tertiary/aromatic N) is 1. The van der Waals surface area contributed by atoms with E-state index in [2.05, 4.69) is 27.4 Å². The van der Waals surface area contributed by atoms with Gasteiger partial charge >= 0.3 is 0 Å². The summed E-state index contributed by atoms with van der Waals surface area (Å²) in [4.78, 5) is 13.6. The van der Waals surface area contributed by atoms with Crippen LogP contribution in [0.5, 0.6) is 0 Å². The Labute approximate surface area is 101 Å². The normalized spacial score (nSPS) is 23.5. The molecular formula is C12H20BrNO. The van der Waals surface area contributed by atoms with Crippen molar-refractivity contribution in [3.8, 4) is 0 Å². The Kier molecular flexibility index (Phi) is 5.54. The zero-order chi connectivity index (χ0) is 11.3. The average Bonchev–Trinajstić information content (AvgIpc) is 2.30. The zero-order valence-electron chi connectivity index (χ0n) is 9.47. The molecule has 0 radical (unpaired) electrons. The molecule has 86 valence electrons. The summed E-state index contributed by atoms with van der Waals surface area (Å²) in [5.74, 6) is 0.298. The minimum absolute atomic E-state index is 0.298. The summed E-state index contributed by atoms with van der Waals surface area (Å²) in [5.41, 5.74) is 0. The lowest BCUT2D eigenvalue weighted by Gasteiger charge is -2.28. The highest BCUT2D eigenvalue weighted by Crippen LogP contribution is 2.21. The number of likely N-dealkylation sites (tertiary alicyclic amines) is 1. The van der Waals surface area contributed by atoms with E-state index in [1.165, 1.54) is 19.3 Å². The third kappa shape index (κ3) is 4.94. The number of Topliss-reactive ketones (excluding diaryl/α,β-unsaturated/α-hetero) is 1. The quantitative estimate of drug-likeness (QED) is 0.785. The molecule has 1 aliphatic heterocycles. The van der Waals surface area contributed by atoms with Crippen molar-refractivity contribution in [2.45, 2.75) is 45.1 Å². The second-order valence-electron chi connectivity index (χ2n) is 4.40. The lowest BCUT2D eigenvalue weighted by atomic mass is 10.0. The molecule has 3 heteroatoms. The maximum absolute atomic E-state index is 11.2. The molecule has 1 unspecified atom stereocenters. The van der Waals surface area contributed by atoms with Crippen molar-refractivity contribution in [2.24, 2.45) is 0 Å². The average molecular weight is 274 g/mol. The van der Waals surface area contributed by atoms with Gasteiger partial charge in [-0.25, -0.2) is 0 Å². The molecule has 1 atom stereocenters. The van der Waals surface area contributed by atoms with Crippen molar-refractivity contribution in [3.63, 3.8) is 0 Å². The number of carbonyl (C=O) groups is 1. The van der Waals surface area contributed by atoms with Crippen LogP contribution in [0.4, 0.5) is 0 Å². The Balaban J connectivity index is 2.58. The maximum Gasteiger partial charge on any atom is 0.131 e. The molecule has 0 N–H and O–H groups in total. The summed E-state index contributed by atoms with van der Waals surface area (Å²) < 4.78 is 1.01. The van der Waals surface area contributed by atoms with Crippen molar-refractivity contribution >= 4 is 21.7 Å². The minimum atomic E-state index is 0.298. The molecule has 0 aromatic carbocycles. The van der Waals surface area contributed by atoms with Crippen LogP contribution in [-0.2, 0) is 4.79 Å². The second-order valence-corrected chi connectivity index (χ2v) is 5.52. The molecule has 15 heavy (non-hydrogen) atoms. The molecule has 0 aromatic heterocycles. The Hall–Kier alpha value is -0.150. The lowest BCUT2D eigenvalue weighted by molar-refractivity contribution is -0.118. The van der Waals surface area contributed by atoms with E-state index in [1.54, 1.807) is 6.92 Å². The van der Waals surface area contributed by atoms with Crippen molar-refractivity contribution in [1.29, 1.82) is 0 Å². The highest BCUT2D eigenvalue weighted by molar-refractivity contribution is 9.11. The summed E-state index contributed by atoms with van der Waals surface area (Å²) in [6.45, 7) is 7.54. The van der Waals surface area contributed by atoms with Crippen LogP contribution >= 0.6 is 15.9 Å². The molecule has 1 fully saturated rings. The molecule has 0 aliphatic carbocycles. The summed E-state index contributed by atoms with van der Waals surface area (Å²) in [6, 6.07) is 0.430. The fourth-order valence-corrected chi connectivity index (χ4v) is 2.55. The number of hydrogen-bond acceptors (Lipinski definition) is 2. The Bertz CT molecular complexity index is 216. The van der Waals surface area contributed by atoms with E-state index < -0.39 is 0 Å². The van der Waals surface area contributed by atoms with Crippen LogP contribution in [0, 0.1) is 0 Å². The van der Waals surface area contributed by atoms with E-state index in [-0.39, 0.29) is 0 Å². The van der Waals surface area contributed by atoms with E-state index in [1.807, 2.05) is 0 Å². The number of hydrogen-bond donors (Lipinski definition) is 0. The second kappa shape index (κ2) is 6.44. The highest BCUT2D eigenvalue weighted by Gasteiger charge is 2.21. The van der Waals surface area contributed by atoms with Gasteiger partial charge in [0, 0.05) is 23.5 Å². The van der Waals surface area contributed by atoms with Crippen molar-refractivity contribution < 1.29 is 4.79 Å². The molecular weight excluding hydrogens is 254 g/mol. The molecule has 1 saturated heterocycles. The molecule has 1 aliphatic rings. The first-order valence-electron chi connectivity index (χ1n) is 5.66. The summed E-state index contributed by atoms with van der Waals surface area (Å²) in [6.07, 6.45) is 5.64. The number of ketones is 1. The van der Waals surface area contributed by atoms with Crippen LogP contribution in [-0.4, -0.2) is 29.8 Å². The first kappa shape index (κ1) is 12.9. The zero-order valence-corrected chi connectivity index (χ0v) is 11.1. The van der Waals surface area contributed by atoms with E-state index in [0.717, 1.165) is 24.0 Å². The van der Waals surface area contributed by atoms with Crippen LogP contribution in [0.2, 0.25) is 0 Å². The Morgan fingerprint density at radius 3 is 2.80 bits per heavy atom. The SMILES string of the molecule is C=C(Br)CN1CCCCCC1CC(C)=O. The Morgan fingerprint density at radius 1 is 1.47 bits per heavy atom. The van der Waals surface area contributed by atoms with Crippen LogP contribution in [0.25, 0.3) is 0 Å². The molecule has 0 amide bonds. The third-order valence-corrected chi connectivity index (χ3v) is 3.15. The molecule has 0 bridgehead atoms. The van der Waals surface area contributed by atoms with Gasteiger partial charge in [-0.2, -0.15) is 0 Å². The summed E-state index contributed by atoms with van der Waals surface area (Å²) >= 11 is 3.41. The predicted octanol–water partition coefficient (Wildman–Crippen LogP) is 3.12. The predicted molar refractivity (Wildman–Crippen MR) is 67.2 cm³/mol. The van der Waals surface area contributed by atoms with Crippen LogP contribution in [0.1, 0.15) is 39.0 Å². The monoisotopic (exact) mass is 273 g/mol. The van der Waals surface area contributed by atoms with Crippen LogP contribution < -0.4 is 0 Å². The van der Waals surface area contributed by atoms with Gasteiger partial charge in [0.05, 0.1) is 0 Å². The van der Waals surface area contributed by atoms with Gasteiger partial charge < -0.3 is 0 Å². The number of rotatable bonds is 4. The topological polar surface area (TPSA) is 20.3 Å². The van der Waals surface area contributed by atoms with Crippen LogP contribution in [0.3, 0.4) is 0 Å². The van der Waals surface area contributed by atoms with E-state index in [9.17, 15) is 4.79 Å². The summed E-state index contributed by atoms with van der Waals surface area (Å²) in [7, 11) is 0. The van der Waals surface area contributed by atoms with Gasteiger partial charge in [-0.15, -0.1) is 0 Å². The molecule has 2 nitrogen and oxygen atoms in total. The van der Waals surface area contributed by atoms with E-state index in [4.69, 9.17) is 0 Å². The first-order valence-corrected chi connectivity index (χ1v) is 6.45.